The number of esters is 1. The van der Waals surface area contributed by atoms with Crippen LogP contribution < -0.4 is 10.8 Å². The van der Waals surface area contributed by atoms with Crippen molar-refractivity contribution in [1.29, 1.82) is 0 Å². The van der Waals surface area contributed by atoms with E-state index in [1.54, 1.807) is 30.3 Å². The van der Waals surface area contributed by atoms with Crippen LogP contribution in [0.5, 0.6) is 0 Å². The number of benzene rings is 1. The molecular formula is C26H36N2O5. The minimum atomic E-state index is -0.628. The number of nitrogens with one attached hydrogen (secondary N) is 2. The van der Waals surface area contributed by atoms with E-state index in [1.165, 1.54) is 12.5 Å². The Kier molecular flexibility index (Phi) is 9.48. The SMILES string of the molecule is CC(C)ONC(=O)/C=C/c1cccc(C(=O)N[C@H](C(=O)OC2CCCC2)C2CCCCC2)c1. The van der Waals surface area contributed by atoms with E-state index in [9.17, 15) is 14.4 Å². The van der Waals surface area contributed by atoms with E-state index in [1.807, 2.05) is 13.8 Å². The average molecular weight is 457 g/mol. The van der Waals surface area contributed by atoms with Crippen molar-refractivity contribution >= 4 is 23.9 Å². The van der Waals surface area contributed by atoms with E-state index in [2.05, 4.69) is 10.8 Å². The Labute approximate surface area is 196 Å². The maximum Gasteiger partial charge on any atom is 0.329 e. The van der Waals surface area contributed by atoms with Crippen molar-refractivity contribution in [1.82, 2.24) is 10.8 Å². The van der Waals surface area contributed by atoms with E-state index in [4.69, 9.17) is 9.57 Å². The number of rotatable bonds is 9. The van der Waals surface area contributed by atoms with Gasteiger partial charge in [0.1, 0.15) is 12.1 Å². The van der Waals surface area contributed by atoms with Crippen LogP contribution in [-0.2, 0) is 19.2 Å². The second-order valence-electron chi connectivity index (χ2n) is 9.28. The highest BCUT2D eigenvalue weighted by Crippen LogP contribution is 2.29. The van der Waals surface area contributed by atoms with Crippen molar-refractivity contribution in [3.8, 4) is 0 Å². The number of hydrogen-bond donors (Lipinski definition) is 2. The van der Waals surface area contributed by atoms with Crippen molar-refractivity contribution in [3.05, 3.63) is 41.5 Å². The molecule has 2 saturated carbocycles. The van der Waals surface area contributed by atoms with Crippen molar-refractivity contribution in [3.63, 3.8) is 0 Å². The van der Waals surface area contributed by atoms with Gasteiger partial charge in [0.15, 0.2) is 0 Å². The van der Waals surface area contributed by atoms with Gasteiger partial charge in [-0.1, -0.05) is 31.4 Å². The van der Waals surface area contributed by atoms with E-state index in [0.717, 1.165) is 51.4 Å². The fourth-order valence-corrected chi connectivity index (χ4v) is 4.47. The second-order valence-corrected chi connectivity index (χ2v) is 9.28. The average Bonchev–Trinajstić information content (AvgIpc) is 3.33. The monoisotopic (exact) mass is 456 g/mol. The van der Waals surface area contributed by atoms with Crippen LogP contribution in [0.2, 0.25) is 0 Å². The fourth-order valence-electron chi connectivity index (χ4n) is 4.47. The number of hydrogen-bond acceptors (Lipinski definition) is 5. The first-order valence-corrected chi connectivity index (χ1v) is 12.2. The first-order valence-electron chi connectivity index (χ1n) is 12.2. The molecule has 2 N–H and O–H groups in total. The molecule has 0 aromatic heterocycles. The van der Waals surface area contributed by atoms with Gasteiger partial charge in [0.05, 0.1) is 6.10 Å². The summed E-state index contributed by atoms with van der Waals surface area (Å²) in [5.41, 5.74) is 3.47. The summed E-state index contributed by atoms with van der Waals surface area (Å²) < 4.78 is 5.77. The molecule has 180 valence electrons. The molecule has 1 aromatic rings. The molecule has 2 aliphatic rings. The fraction of sp³-hybridized carbons (Fsp3) is 0.577. The van der Waals surface area contributed by atoms with Crippen LogP contribution in [0, 0.1) is 5.92 Å². The Morgan fingerprint density at radius 1 is 1.00 bits per heavy atom. The van der Waals surface area contributed by atoms with E-state index < -0.39 is 6.04 Å². The summed E-state index contributed by atoms with van der Waals surface area (Å²) in [4.78, 5) is 43.0. The number of ether oxygens (including phenoxy) is 1. The van der Waals surface area contributed by atoms with Gasteiger partial charge in [0, 0.05) is 11.6 Å². The molecule has 3 rings (SSSR count). The van der Waals surface area contributed by atoms with Crippen LogP contribution in [0.15, 0.2) is 30.3 Å². The van der Waals surface area contributed by atoms with Gasteiger partial charge in [-0.05, 0) is 82.1 Å². The van der Waals surface area contributed by atoms with Gasteiger partial charge in [0.2, 0.25) is 0 Å². The first-order chi connectivity index (χ1) is 15.9. The van der Waals surface area contributed by atoms with Crippen LogP contribution in [0.4, 0.5) is 0 Å². The molecule has 0 bridgehead atoms. The van der Waals surface area contributed by atoms with Crippen LogP contribution in [0.3, 0.4) is 0 Å². The summed E-state index contributed by atoms with van der Waals surface area (Å²) in [6.45, 7) is 3.63. The summed E-state index contributed by atoms with van der Waals surface area (Å²) in [5.74, 6) is -0.897. The van der Waals surface area contributed by atoms with Gasteiger partial charge < -0.3 is 10.1 Å². The number of carbonyl (C=O) groups excluding carboxylic acids is 3. The Morgan fingerprint density at radius 2 is 1.70 bits per heavy atom. The molecule has 7 heteroatoms. The standard InChI is InChI=1S/C26H36N2O5/c1-18(2)33-28-23(29)16-15-19-9-8-12-21(17-19)25(30)27-24(20-10-4-3-5-11-20)26(31)32-22-13-6-7-14-22/h8-9,12,15-18,20,22,24H,3-7,10-11,13-14H2,1-2H3,(H,27,30)(H,28,29)/b16-15+/t24-/m0/s1. The molecule has 0 spiro atoms. The van der Waals surface area contributed by atoms with Gasteiger partial charge >= 0.3 is 5.97 Å². The summed E-state index contributed by atoms with van der Waals surface area (Å²) >= 11 is 0. The number of amides is 2. The smallest absolute Gasteiger partial charge is 0.329 e. The first kappa shape index (κ1) is 25.0. The third-order valence-electron chi connectivity index (χ3n) is 6.22. The largest absolute Gasteiger partial charge is 0.461 e. The summed E-state index contributed by atoms with van der Waals surface area (Å²) in [6.07, 6.45) is 11.9. The van der Waals surface area contributed by atoms with E-state index in [-0.39, 0.29) is 35.9 Å². The van der Waals surface area contributed by atoms with E-state index in [0.29, 0.717) is 11.1 Å². The molecule has 2 amide bonds. The van der Waals surface area contributed by atoms with Gasteiger partial charge in [-0.15, -0.1) is 0 Å². The normalized spacial score (nSPS) is 18.4. The lowest BCUT2D eigenvalue weighted by Crippen LogP contribution is -2.48. The van der Waals surface area contributed by atoms with E-state index >= 15 is 0 Å². The molecule has 0 radical (unpaired) electrons. The maximum absolute atomic E-state index is 13.1. The molecule has 1 atom stereocenters. The minimum Gasteiger partial charge on any atom is -0.461 e. The predicted octanol–water partition coefficient (Wildman–Crippen LogP) is 4.32. The topological polar surface area (TPSA) is 93.7 Å². The third kappa shape index (κ3) is 8.00. The summed E-state index contributed by atoms with van der Waals surface area (Å²) in [6, 6.07) is 6.33. The molecule has 0 unspecified atom stereocenters. The van der Waals surface area contributed by atoms with Gasteiger partial charge in [-0.2, -0.15) is 0 Å². The Hall–Kier alpha value is -2.67. The highest BCUT2D eigenvalue weighted by Gasteiger charge is 2.34. The zero-order valence-corrected chi connectivity index (χ0v) is 19.7. The number of hydroxylamine groups is 1. The molecule has 2 aliphatic carbocycles. The summed E-state index contributed by atoms with van der Waals surface area (Å²) in [7, 11) is 0. The Morgan fingerprint density at radius 3 is 2.39 bits per heavy atom. The lowest BCUT2D eigenvalue weighted by Gasteiger charge is -2.30. The minimum absolute atomic E-state index is 0.0280. The molecule has 2 fully saturated rings. The van der Waals surface area contributed by atoms with Crippen molar-refractivity contribution in [2.24, 2.45) is 5.92 Å². The molecular weight excluding hydrogens is 420 g/mol. The highest BCUT2D eigenvalue weighted by atomic mass is 16.7. The highest BCUT2D eigenvalue weighted by molar-refractivity contribution is 5.98. The molecule has 0 aliphatic heterocycles. The van der Waals surface area contributed by atoms with Crippen molar-refractivity contribution < 1.29 is 24.0 Å². The van der Waals surface area contributed by atoms with Gasteiger partial charge in [0.25, 0.3) is 11.8 Å². The molecule has 1 aromatic carbocycles. The zero-order valence-electron chi connectivity index (χ0n) is 19.7. The van der Waals surface area contributed by atoms with Crippen LogP contribution in [0.25, 0.3) is 6.08 Å². The quantitative estimate of drug-likeness (QED) is 0.328. The van der Waals surface area contributed by atoms with Crippen molar-refractivity contribution in [2.45, 2.75) is 89.9 Å². The molecule has 33 heavy (non-hydrogen) atoms. The van der Waals surface area contributed by atoms with Crippen LogP contribution in [0.1, 0.15) is 87.6 Å². The van der Waals surface area contributed by atoms with Crippen LogP contribution in [-0.4, -0.2) is 36.0 Å². The Bertz CT molecular complexity index is 839. The lowest BCUT2D eigenvalue weighted by atomic mass is 9.83. The predicted molar refractivity (Wildman–Crippen MR) is 126 cm³/mol. The summed E-state index contributed by atoms with van der Waals surface area (Å²) in [5, 5.41) is 2.96. The molecule has 7 nitrogen and oxygen atoms in total. The number of carbonyl (C=O) groups is 3. The third-order valence-corrected chi connectivity index (χ3v) is 6.22. The maximum atomic E-state index is 13.1. The van der Waals surface area contributed by atoms with Gasteiger partial charge in [-0.25, -0.2) is 10.3 Å². The zero-order chi connectivity index (χ0) is 23.6. The van der Waals surface area contributed by atoms with Crippen LogP contribution >= 0.6 is 0 Å². The Balaban J connectivity index is 1.66. The van der Waals surface area contributed by atoms with Gasteiger partial charge in [-0.3, -0.25) is 14.4 Å². The molecule has 0 saturated heterocycles. The lowest BCUT2D eigenvalue weighted by molar-refractivity contribution is -0.153. The van der Waals surface area contributed by atoms with Crippen molar-refractivity contribution in [2.75, 3.05) is 0 Å². The second kappa shape index (κ2) is 12.5. The molecule has 0 heterocycles.